The summed E-state index contributed by atoms with van der Waals surface area (Å²) in [5.41, 5.74) is 3.19. The van der Waals surface area contributed by atoms with Gasteiger partial charge in [-0.15, -0.1) is 0 Å². The maximum atomic E-state index is 14.1. The fourth-order valence-electron chi connectivity index (χ4n) is 7.09. The number of carbonyl (C=O) groups is 5. The Morgan fingerprint density at radius 2 is 1.72 bits per heavy atom. The summed E-state index contributed by atoms with van der Waals surface area (Å²) in [6.07, 6.45) is -2.40. The SMILES string of the molecule is CN(C)c1cc(NC(=O)Oc2ccccc2)c(O)c2c1C[C@@H]1C[C@@H]3[C@@H](N(C)C)C(O)C(C(N)=O)C(=O)[C@]3(O)C(=O)C1C2=O. The number of primary amides is 1. The van der Waals surface area contributed by atoms with E-state index in [1.807, 2.05) is 0 Å². The molecular weight excluding hydrogens is 560 g/mol. The van der Waals surface area contributed by atoms with Crippen LogP contribution >= 0.6 is 0 Å². The van der Waals surface area contributed by atoms with Gasteiger partial charge in [-0.25, -0.2) is 4.79 Å². The van der Waals surface area contributed by atoms with Gasteiger partial charge in [0.1, 0.15) is 17.4 Å². The number of likely N-dealkylation sites (N-methyl/N-ethyl adjacent to an activating group) is 1. The second-order valence-corrected chi connectivity index (χ2v) is 11.8. The molecule has 3 aliphatic carbocycles. The first-order valence-corrected chi connectivity index (χ1v) is 13.8. The van der Waals surface area contributed by atoms with E-state index in [-0.39, 0.29) is 29.8 Å². The van der Waals surface area contributed by atoms with Crippen LogP contribution in [0.15, 0.2) is 36.4 Å². The third-order valence-corrected chi connectivity index (χ3v) is 8.94. The number of ether oxygens (including phenoxy) is 1. The lowest BCUT2D eigenvalue weighted by Gasteiger charge is -2.55. The van der Waals surface area contributed by atoms with Crippen molar-refractivity contribution in [3.63, 3.8) is 0 Å². The molecule has 2 saturated carbocycles. The fourth-order valence-corrected chi connectivity index (χ4v) is 7.09. The largest absolute Gasteiger partial charge is 0.505 e. The molecule has 3 unspecified atom stereocenters. The maximum Gasteiger partial charge on any atom is 0.417 e. The molecule has 228 valence electrons. The molecule has 7 atom stereocenters. The van der Waals surface area contributed by atoms with Gasteiger partial charge in [-0.3, -0.25) is 24.5 Å². The summed E-state index contributed by atoms with van der Waals surface area (Å²) in [5, 5.41) is 36.5. The number of amides is 2. The Morgan fingerprint density at radius 1 is 1.07 bits per heavy atom. The minimum atomic E-state index is -2.77. The number of aliphatic hydroxyl groups excluding tert-OH is 1. The molecule has 2 fully saturated rings. The van der Waals surface area contributed by atoms with Gasteiger partial charge in [-0.1, -0.05) is 18.2 Å². The number of aliphatic hydroxyl groups is 2. The summed E-state index contributed by atoms with van der Waals surface area (Å²) in [5.74, 6) is -9.94. The number of fused-ring (bicyclic) bond motifs is 3. The Bertz CT molecular complexity index is 1530. The fraction of sp³-hybridized carbons (Fsp3) is 0.433. The molecule has 0 radical (unpaired) electrons. The van der Waals surface area contributed by atoms with Crippen molar-refractivity contribution in [3.8, 4) is 11.5 Å². The predicted molar refractivity (Wildman–Crippen MR) is 153 cm³/mol. The van der Waals surface area contributed by atoms with Gasteiger partial charge < -0.3 is 35.6 Å². The summed E-state index contributed by atoms with van der Waals surface area (Å²) < 4.78 is 5.25. The Kier molecular flexibility index (Phi) is 7.53. The number of hydrogen-bond donors (Lipinski definition) is 5. The Morgan fingerprint density at radius 3 is 2.30 bits per heavy atom. The van der Waals surface area contributed by atoms with Crippen molar-refractivity contribution < 1.29 is 44.0 Å². The average Bonchev–Trinajstić information content (AvgIpc) is 2.92. The number of Topliss-reactive ketones (excluding diaryl/α,β-unsaturated/α-hetero) is 3. The third kappa shape index (κ3) is 4.64. The van der Waals surface area contributed by atoms with Crippen molar-refractivity contribution in [2.24, 2.45) is 29.4 Å². The molecule has 5 rings (SSSR count). The molecular formula is C30H34N4O9. The smallest absolute Gasteiger partial charge is 0.417 e. The number of anilines is 2. The van der Waals surface area contributed by atoms with E-state index in [9.17, 15) is 39.3 Å². The van der Waals surface area contributed by atoms with Crippen molar-refractivity contribution in [1.82, 2.24) is 4.90 Å². The van der Waals surface area contributed by atoms with E-state index in [4.69, 9.17) is 10.5 Å². The van der Waals surface area contributed by atoms with Crippen molar-refractivity contribution in [3.05, 3.63) is 47.5 Å². The minimum absolute atomic E-state index is 0.00769. The van der Waals surface area contributed by atoms with Crippen LogP contribution in [-0.2, 0) is 20.8 Å². The first-order chi connectivity index (χ1) is 20.2. The summed E-state index contributed by atoms with van der Waals surface area (Å²) in [4.78, 5) is 69.7. The van der Waals surface area contributed by atoms with E-state index >= 15 is 0 Å². The molecule has 0 spiro atoms. The summed E-state index contributed by atoms with van der Waals surface area (Å²) in [7, 11) is 6.59. The van der Waals surface area contributed by atoms with Gasteiger partial charge in [0.2, 0.25) is 5.91 Å². The van der Waals surface area contributed by atoms with Gasteiger partial charge in [-0.2, -0.15) is 0 Å². The van der Waals surface area contributed by atoms with E-state index in [0.717, 1.165) is 0 Å². The van der Waals surface area contributed by atoms with Crippen LogP contribution in [0, 0.1) is 23.7 Å². The zero-order chi connectivity index (χ0) is 31.5. The quantitative estimate of drug-likeness (QED) is 0.236. The van der Waals surface area contributed by atoms with E-state index in [2.05, 4.69) is 5.32 Å². The number of benzene rings is 2. The second kappa shape index (κ2) is 10.7. The van der Waals surface area contributed by atoms with Crippen LogP contribution in [0.4, 0.5) is 16.2 Å². The van der Waals surface area contributed by atoms with Crippen LogP contribution in [-0.4, -0.2) is 95.5 Å². The van der Waals surface area contributed by atoms with Gasteiger partial charge in [0, 0.05) is 31.7 Å². The number of hydrogen-bond acceptors (Lipinski definition) is 11. The summed E-state index contributed by atoms with van der Waals surface area (Å²) in [6.45, 7) is 0. The Balaban J connectivity index is 1.58. The molecule has 0 saturated heterocycles. The number of nitrogens with one attached hydrogen (secondary N) is 1. The first-order valence-electron chi connectivity index (χ1n) is 13.8. The Labute approximate surface area is 247 Å². The van der Waals surface area contributed by atoms with E-state index in [1.165, 1.54) is 11.0 Å². The molecule has 0 bridgehead atoms. The van der Waals surface area contributed by atoms with Gasteiger partial charge in [-0.05, 0) is 56.6 Å². The number of nitrogens with two attached hydrogens (primary N) is 1. The maximum absolute atomic E-state index is 14.1. The predicted octanol–water partition coefficient (Wildman–Crippen LogP) is 0.336. The highest BCUT2D eigenvalue weighted by atomic mass is 16.6. The molecule has 13 heteroatoms. The standard InChI is InChI=1S/C30H34N4O9/c1-33(2)18-12-17(32-29(41)43-14-8-6-5-7-9-14)23(35)20-15(18)10-13-11-16-22(34(3)4)25(37)21(28(31)40)27(39)30(16,42)26(38)19(13)24(20)36/h5-9,12-13,16,19,21-22,25,35,37,42H,10-11H2,1-4H3,(H2,31,40)(H,32,41)/t13-,16-,19?,21?,22-,25?,30-/m1/s1. The number of phenolic OH excluding ortho intramolecular Hbond substituents is 1. The lowest BCUT2D eigenvalue weighted by Crippen LogP contribution is -2.75. The lowest BCUT2D eigenvalue weighted by atomic mass is 9.52. The van der Waals surface area contributed by atoms with Gasteiger partial charge in [0.05, 0.1) is 23.3 Å². The topological polar surface area (TPSA) is 200 Å². The molecule has 0 heterocycles. The van der Waals surface area contributed by atoms with Crippen LogP contribution in [0.2, 0.25) is 0 Å². The van der Waals surface area contributed by atoms with E-state index < -0.39 is 76.5 Å². The highest BCUT2D eigenvalue weighted by molar-refractivity contribution is 6.26. The number of aromatic hydroxyl groups is 1. The number of rotatable bonds is 5. The molecule has 0 aliphatic heterocycles. The lowest BCUT2D eigenvalue weighted by molar-refractivity contribution is -0.190. The van der Waals surface area contributed by atoms with Gasteiger partial charge in [0.15, 0.2) is 23.0 Å². The number of phenols is 1. The Hall–Kier alpha value is -4.33. The molecule has 2 aromatic rings. The molecule has 13 nitrogen and oxygen atoms in total. The highest BCUT2D eigenvalue weighted by Crippen LogP contribution is 2.53. The zero-order valence-corrected chi connectivity index (χ0v) is 24.1. The molecule has 6 N–H and O–H groups in total. The molecule has 43 heavy (non-hydrogen) atoms. The van der Waals surface area contributed by atoms with Crippen molar-refractivity contribution in [1.29, 1.82) is 0 Å². The summed E-state index contributed by atoms with van der Waals surface area (Å²) in [6, 6.07) is 8.69. The van der Waals surface area contributed by atoms with Crippen molar-refractivity contribution in [2.75, 3.05) is 38.4 Å². The summed E-state index contributed by atoms with van der Waals surface area (Å²) >= 11 is 0. The van der Waals surface area contributed by atoms with Crippen LogP contribution in [0.3, 0.4) is 0 Å². The van der Waals surface area contributed by atoms with Gasteiger partial charge in [0.25, 0.3) is 0 Å². The molecule has 2 amide bonds. The van der Waals surface area contributed by atoms with Crippen molar-refractivity contribution >= 4 is 40.7 Å². The second-order valence-electron chi connectivity index (χ2n) is 11.8. The van der Waals surface area contributed by atoms with Crippen LogP contribution in [0.1, 0.15) is 22.3 Å². The number of ketones is 3. The average molecular weight is 595 g/mol. The minimum Gasteiger partial charge on any atom is -0.505 e. The highest BCUT2D eigenvalue weighted by Gasteiger charge is 2.69. The number of carbonyl (C=O) groups excluding carboxylic acids is 5. The van der Waals surface area contributed by atoms with E-state index in [1.54, 1.807) is 63.4 Å². The monoisotopic (exact) mass is 594 g/mol. The van der Waals surface area contributed by atoms with Gasteiger partial charge >= 0.3 is 6.09 Å². The van der Waals surface area contributed by atoms with Crippen LogP contribution in [0.25, 0.3) is 0 Å². The van der Waals surface area contributed by atoms with E-state index in [0.29, 0.717) is 11.3 Å². The first kappa shape index (κ1) is 30.1. The number of nitrogens with zero attached hydrogens (tertiary/aromatic N) is 2. The molecule has 2 aromatic carbocycles. The molecule has 3 aliphatic rings. The zero-order valence-electron chi connectivity index (χ0n) is 24.1. The van der Waals surface area contributed by atoms with Crippen LogP contribution in [0.5, 0.6) is 11.5 Å². The number of para-hydroxylation sites is 1. The molecule has 0 aromatic heterocycles. The third-order valence-electron chi connectivity index (χ3n) is 8.94. The van der Waals surface area contributed by atoms with Crippen molar-refractivity contribution in [2.45, 2.75) is 30.6 Å². The normalized spacial score (nSPS) is 29.8. The van der Waals surface area contributed by atoms with Crippen LogP contribution < -0.4 is 20.7 Å².